The molecular weight excluding hydrogens is 330 g/mol. The third kappa shape index (κ3) is 4.57. The van der Waals surface area contributed by atoms with Crippen LogP contribution in [0.1, 0.15) is 64.7 Å². The summed E-state index contributed by atoms with van der Waals surface area (Å²) < 4.78 is 0. The molecule has 4 rings (SSSR count). The lowest BCUT2D eigenvalue weighted by Crippen LogP contribution is -2.53. The Morgan fingerprint density at radius 3 is 1.73 bits per heavy atom. The SMILES string of the molecule is CCCNC(=O)CCNC(=O)CCNC(=O)C12CC3CC(CC(C3)C1)C2. The van der Waals surface area contributed by atoms with E-state index in [-0.39, 0.29) is 29.6 Å². The molecule has 0 aliphatic heterocycles. The minimum absolute atomic E-state index is 0.0396. The molecule has 0 spiro atoms. The number of hydrogen-bond donors (Lipinski definition) is 3. The minimum atomic E-state index is -0.150. The van der Waals surface area contributed by atoms with Crippen molar-refractivity contribution in [3.63, 3.8) is 0 Å². The van der Waals surface area contributed by atoms with Crippen LogP contribution in [0.15, 0.2) is 0 Å². The van der Waals surface area contributed by atoms with Crippen LogP contribution in [-0.4, -0.2) is 37.4 Å². The monoisotopic (exact) mass is 363 g/mol. The van der Waals surface area contributed by atoms with E-state index in [1.165, 1.54) is 19.3 Å². The molecule has 6 heteroatoms. The second kappa shape index (κ2) is 8.40. The number of hydrogen-bond acceptors (Lipinski definition) is 3. The quantitative estimate of drug-likeness (QED) is 0.583. The van der Waals surface area contributed by atoms with Gasteiger partial charge in [-0.25, -0.2) is 0 Å². The number of carbonyl (C=O) groups is 3. The Morgan fingerprint density at radius 1 is 0.769 bits per heavy atom. The lowest BCUT2D eigenvalue weighted by Gasteiger charge is -2.55. The Morgan fingerprint density at radius 2 is 1.23 bits per heavy atom. The third-order valence-corrected chi connectivity index (χ3v) is 6.40. The van der Waals surface area contributed by atoms with Gasteiger partial charge in [-0.1, -0.05) is 6.92 Å². The van der Waals surface area contributed by atoms with Crippen LogP contribution in [0.4, 0.5) is 0 Å². The predicted molar refractivity (Wildman–Crippen MR) is 99.2 cm³/mol. The molecule has 0 atom stereocenters. The van der Waals surface area contributed by atoms with Crippen molar-refractivity contribution >= 4 is 17.7 Å². The van der Waals surface area contributed by atoms with E-state index in [9.17, 15) is 14.4 Å². The van der Waals surface area contributed by atoms with Gasteiger partial charge in [0.1, 0.15) is 0 Å². The fraction of sp³-hybridized carbons (Fsp3) is 0.850. The highest BCUT2D eigenvalue weighted by molar-refractivity contribution is 5.84. The van der Waals surface area contributed by atoms with Crippen molar-refractivity contribution in [1.82, 2.24) is 16.0 Å². The maximum absolute atomic E-state index is 12.8. The normalized spacial score (nSPS) is 31.5. The van der Waals surface area contributed by atoms with Gasteiger partial charge in [-0.05, 0) is 62.7 Å². The summed E-state index contributed by atoms with van der Waals surface area (Å²) in [4.78, 5) is 36.1. The molecule has 0 heterocycles. The van der Waals surface area contributed by atoms with E-state index in [4.69, 9.17) is 0 Å². The van der Waals surface area contributed by atoms with Crippen LogP contribution in [0.2, 0.25) is 0 Å². The molecule has 4 aliphatic rings. The summed E-state index contributed by atoms with van der Waals surface area (Å²) in [6.45, 7) is 3.40. The van der Waals surface area contributed by atoms with Gasteiger partial charge in [-0.2, -0.15) is 0 Å². The lowest BCUT2D eigenvalue weighted by atomic mass is 9.49. The maximum atomic E-state index is 12.8. The van der Waals surface area contributed by atoms with Gasteiger partial charge in [0.2, 0.25) is 17.7 Å². The number of carbonyl (C=O) groups excluding carboxylic acids is 3. The Kier molecular flexibility index (Phi) is 6.20. The summed E-state index contributed by atoms with van der Waals surface area (Å²) in [5.41, 5.74) is -0.150. The van der Waals surface area contributed by atoms with Crippen molar-refractivity contribution in [2.24, 2.45) is 23.2 Å². The number of nitrogens with one attached hydrogen (secondary N) is 3. The first-order valence-corrected chi connectivity index (χ1v) is 10.3. The second-order valence-electron chi connectivity index (χ2n) is 8.65. The van der Waals surface area contributed by atoms with Crippen LogP contribution in [0, 0.1) is 23.2 Å². The highest BCUT2D eigenvalue weighted by atomic mass is 16.2. The standard InChI is InChI=1S/C20H33N3O3/c1-2-5-21-17(24)3-6-22-18(25)4-7-23-19(26)20-11-14-8-15(12-20)10-16(9-14)13-20/h14-16H,2-13H2,1H3,(H,21,24)(H,22,25)(H,23,26). The van der Waals surface area contributed by atoms with E-state index in [1.807, 2.05) is 6.92 Å². The van der Waals surface area contributed by atoms with E-state index in [0.29, 0.717) is 26.1 Å². The third-order valence-electron chi connectivity index (χ3n) is 6.40. The van der Waals surface area contributed by atoms with Crippen LogP contribution >= 0.6 is 0 Å². The topological polar surface area (TPSA) is 87.3 Å². The molecule has 3 N–H and O–H groups in total. The molecule has 0 unspecified atom stereocenters. The van der Waals surface area contributed by atoms with E-state index in [2.05, 4.69) is 16.0 Å². The molecule has 4 saturated carbocycles. The predicted octanol–water partition coefficient (Wildman–Crippen LogP) is 1.74. The average molecular weight is 364 g/mol. The summed E-state index contributed by atoms with van der Waals surface area (Å²) in [6, 6.07) is 0. The number of rotatable bonds is 9. The van der Waals surface area contributed by atoms with Gasteiger partial charge in [0.05, 0.1) is 0 Å². The maximum Gasteiger partial charge on any atom is 0.226 e. The van der Waals surface area contributed by atoms with Crippen LogP contribution < -0.4 is 16.0 Å². The first-order chi connectivity index (χ1) is 12.5. The van der Waals surface area contributed by atoms with Gasteiger partial charge in [0.15, 0.2) is 0 Å². The molecule has 4 aliphatic carbocycles. The molecule has 146 valence electrons. The van der Waals surface area contributed by atoms with E-state index in [1.54, 1.807) is 0 Å². The Hall–Kier alpha value is -1.59. The Balaban J connectivity index is 1.33. The van der Waals surface area contributed by atoms with E-state index >= 15 is 0 Å². The summed E-state index contributed by atoms with van der Waals surface area (Å²) in [7, 11) is 0. The second-order valence-corrected chi connectivity index (χ2v) is 8.65. The average Bonchev–Trinajstić information content (AvgIpc) is 2.58. The van der Waals surface area contributed by atoms with Crippen LogP contribution in [-0.2, 0) is 14.4 Å². The largest absolute Gasteiger partial charge is 0.356 e. The minimum Gasteiger partial charge on any atom is -0.356 e. The highest BCUT2D eigenvalue weighted by Gasteiger charge is 2.54. The summed E-state index contributed by atoms with van der Waals surface area (Å²) in [5, 5.41) is 8.55. The first kappa shape index (κ1) is 19.2. The molecular formula is C20H33N3O3. The van der Waals surface area contributed by atoms with Gasteiger partial charge >= 0.3 is 0 Å². The Bertz CT molecular complexity index is 511. The molecule has 0 aromatic rings. The van der Waals surface area contributed by atoms with Gasteiger partial charge < -0.3 is 16.0 Å². The molecule has 26 heavy (non-hydrogen) atoms. The van der Waals surface area contributed by atoms with Crippen molar-refractivity contribution < 1.29 is 14.4 Å². The van der Waals surface area contributed by atoms with Crippen LogP contribution in [0.5, 0.6) is 0 Å². The molecule has 0 saturated heterocycles. The van der Waals surface area contributed by atoms with Gasteiger partial charge in [-0.3, -0.25) is 14.4 Å². The molecule has 0 radical (unpaired) electrons. The van der Waals surface area contributed by atoms with Crippen LogP contribution in [0.3, 0.4) is 0 Å². The zero-order valence-corrected chi connectivity index (χ0v) is 15.9. The van der Waals surface area contributed by atoms with Gasteiger partial charge in [0, 0.05) is 37.9 Å². The van der Waals surface area contributed by atoms with Crippen molar-refractivity contribution in [2.45, 2.75) is 64.7 Å². The van der Waals surface area contributed by atoms with Crippen LogP contribution in [0.25, 0.3) is 0 Å². The molecule has 0 aromatic carbocycles. The Labute approximate surface area is 156 Å². The van der Waals surface area contributed by atoms with E-state index < -0.39 is 0 Å². The molecule has 4 bridgehead atoms. The van der Waals surface area contributed by atoms with Gasteiger partial charge in [0.25, 0.3) is 0 Å². The van der Waals surface area contributed by atoms with E-state index in [0.717, 1.165) is 43.4 Å². The van der Waals surface area contributed by atoms with Gasteiger partial charge in [-0.15, -0.1) is 0 Å². The van der Waals surface area contributed by atoms with Crippen molar-refractivity contribution in [3.05, 3.63) is 0 Å². The van der Waals surface area contributed by atoms with Crippen molar-refractivity contribution in [3.8, 4) is 0 Å². The first-order valence-electron chi connectivity index (χ1n) is 10.3. The molecule has 3 amide bonds. The highest BCUT2D eigenvalue weighted by Crippen LogP contribution is 2.60. The fourth-order valence-corrected chi connectivity index (χ4v) is 5.62. The number of amides is 3. The lowest BCUT2D eigenvalue weighted by molar-refractivity contribution is -0.146. The molecule has 0 aromatic heterocycles. The zero-order valence-electron chi connectivity index (χ0n) is 15.9. The smallest absolute Gasteiger partial charge is 0.226 e. The summed E-state index contributed by atoms with van der Waals surface area (Å²) in [5.74, 6) is 2.25. The zero-order chi connectivity index (χ0) is 18.6. The summed E-state index contributed by atoms with van der Waals surface area (Å²) >= 11 is 0. The molecule has 4 fully saturated rings. The molecule has 6 nitrogen and oxygen atoms in total. The van der Waals surface area contributed by atoms with Crippen molar-refractivity contribution in [2.75, 3.05) is 19.6 Å². The van der Waals surface area contributed by atoms with Crippen molar-refractivity contribution in [1.29, 1.82) is 0 Å². The fourth-order valence-electron chi connectivity index (χ4n) is 5.62. The summed E-state index contributed by atoms with van der Waals surface area (Å²) in [6.07, 6.45) is 8.57.